The van der Waals surface area contributed by atoms with E-state index >= 15 is 0 Å². The molecule has 1 aliphatic carbocycles. The van der Waals surface area contributed by atoms with Gasteiger partial charge in [-0.2, -0.15) is 0 Å². The first-order valence-corrected chi connectivity index (χ1v) is 7.32. The van der Waals surface area contributed by atoms with Crippen LogP contribution in [0.4, 0.5) is 0 Å². The van der Waals surface area contributed by atoms with Crippen molar-refractivity contribution >= 4 is 17.7 Å². The summed E-state index contributed by atoms with van der Waals surface area (Å²) < 4.78 is 0. The summed E-state index contributed by atoms with van der Waals surface area (Å²) >= 11 is 0. The molecule has 6 heteroatoms. The minimum atomic E-state index is -0.673. The lowest BCUT2D eigenvalue weighted by Gasteiger charge is -2.26. The molecule has 1 heterocycles. The number of hydrogen-bond acceptors (Lipinski definition) is 4. The maximum Gasteiger partial charge on any atom is 0.252 e. The monoisotopic (exact) mass is 281 g/mol. The molecule has 0 radical (unpaired) electrons. The van der Waals surface area contributed by atoms with Crippen LogP contribution in [-0.4, -0.2) is 41.8 Å². The average molecular weight is 281 g/mol. The van der Waals surface area contributed by atoms with E-state index < -0.39 is 6.04 Å². The molecule has 3 unspecified atom stereocenters. The SMILES string of the molecule is CN1C(=O)CC(NC(=O)CCC2CCCC(N)C2)C1=O. The number of nitrogens with two attached hydrogens (primary N) is 1. The first-order valence-electron chi connectivity index (χ1n) is 7.32. The van der Waals surface area contributed by atoms with Crippen LogP contribution in [-0.2, 0) is 14.4 Å². The van der Waals surface area contributed by atoms with Crippen molar-refractivity contribution in [1.82, 2.24) is 10.2 Å². The zero-order chi connectivity index (χ0) is 14.7. The van der Waals surface area contributed by atoms with Gasteiger partial charge in [0.25, 0.3) is 5.91 Å². The Bertz CT molecular complexity index is 410. The Morgan fingerprint density at radius 2 is 2.15 bits per heavy atom. The number of carbonyl (C=O) groups excluding carboxylic acids is 3. The summed E-state index contributed by atoms with van der Waals surface area (Å²) in [4.78, 5) is 36.0. The first-order chi connectivity index (χ1) is 9.47. The number of nitrogens with one attached hydrogen (secondary N) is 1. The van der Waals surface area contributed by atoms with Gasteiger partial charge in [0.15, 0.2) is 0 Å². The fourth-order valence-corrected chi connectivity index (χ4v) is 3.06. The molecule has 1 saturated heterocycles. The Kier molecular flexibility index (Phi) is 4.75. The van der Waals surface area contributed by atoms with Crippen LogP contribution in [0.3, 0.4) is 0 Å². The number of imide groups is 1. The smallest absolute Gasteiger partial charge is 0.252 e. The lowest BCUT2D eigenvalue weighted by molar-refractivity contribution is -0.138. The Balaban J connectivity index is 1.73. The van der Waals surface area contributed by atoms with Gasteiger partial charge in [-0.1, -0.05) is 12.8 Å². The molecule has 6 nitrogen and oxygen atoms in total. The maximum atomic E-state index is 11.9. The fourth-order valence-electron chi connectivity index (χ4n) is 3.06. The number of carbonyl (C=O) groups is 3. The summed E-state index contributed by atoms with van der Waals surface area (Å²) in [6, 6.07) is -0.409. The topological polar surface area (TPSA) is 92.5 Å². The quantitative estimate of drug-likeness (QED) is 0.718. The van der Waals surface area contributed by atoms with Gasteiger partial charge >= 0.3 is 0 Å². The third kappa shape index (κ3) is 3.56. The van der Waals surface area contributed by atoms with Crippen molar-refractivity contribution in [2.45, 2.75) is 57.0 Å². The molecule has 1 aliphatic heterocycles. The van der Waals surface area contributed by atoms with Crippen LogP contribution in [0.25, 0.3) is 0 Å². The lowest BCUT2D eigenvalue weighted by Crippen LogP contribution is -2.40. The number of rotatable bonds is 4. The molecule has 0 aromatic heterocycles. The van der Waals surface area contributed by atoms with Crippen LogP contribution in [0.5, 0.6) is 0 Å². The van der Waals surface area contributed by atoms with Crippen molar-refractivity contribution in [3.05, 3.63) is 0 Å². The molecule has 0 aromatic rings. The zero-order valence-electron chi connectivity index (χ0n) is 11.9. The number of hydrogen-bond donors (Lipinski definition) is 2. The molecule has 2 fully saturated rings. The average Bonchev–Trinajstić information content (AvgIpc) is 2.64. The van der Waals surface area contributed by atoms with Crippen molar-refractivity contribution in [2.24, 2.45) is 11.7 Å². The van der Waals surface area contributed by atoms with Crippen molar-refractivity contribution < 1.29 is 14.4 Å². The molecule has 2 rings (SSSR count). The van der Waals surface area contributed by atoms with Gasteiger partial charge in [0.2, 0.25) is 11.8 Å². The number of likely N-dealkylation sites (N-methyl/N-ethyl adjacent to an activating group) is 1. The van der Waals surface area contributed by atoms with E-state index in [-0.39, 0.29) is 30.2 Å². The highest BCUT2D eigenvalue weighted by Gasteiger charge is 2.36. The first kappa shape index (κ1) is 15.0. The molecule has 0 spiro atoms. The van der Waals surface area contributed by atoms with Crippen LogP contribution < -0.4 is 11.1 Å². The molecule has 1 saturated carbocycles. The molecular formula is C14H23N3O3. The van der Waals surface area contributed by atoms with E-state index in [0.29, 0.717) is 12.3 Å². The molecular weight excluding hydrogens is 258 g/mol. The highest BCUT2D eigenvalue weighted by atomic mass is 16.2. The van der Waals surface area contributed by atoms with Crippen molar-refractivity contribution in [3.8, 4) is 0 Å². The number of likely N-dealkylation sites (tertiary alicyclic amines) is 1. The second-order valence-electron chi connectivity index (χ2n) is 5.95. The normalized spacial score (nSPS) is 30.7. The van der Waals surface area contributed by atoms with Gasteiger partial charge in [-0.15, -0.1) is 0 Å². The summed E-state index contributed by atoms with van der Waals surface area (Å²) in [6.45, 7) is 0. The second-order valence-corrected chi connectivity index (χ2v) is 5.95. The molecule has 3 amide bonds. The fraction of sp³-hybridized carbons (Fsp3) is 0.786. The van der Waals surface area contributed by atoms with E-state index in [1.807, 2.05) is 0 Å². The van der Waals surface area contributed by atoms with Gasteiger partial charge in [-0.05, 0) is 25.2 Å². The Morgan fingerprint density at radius 1 is 1.40 bits per heavy atom. The van der Waals surface area contributed by atoms with Gasteiger partial charge in [-0.25, -0.2) is 0 Å². The van der Waals surface area contributed by atoms with Gasteiger partial charge in [0.1, 0.15) is 6.04 Å². The summed E-state index contributed by atoms with van der Waals surface area (Å²) in [7, 11) is 1.44. The summed E-state index contributed by atoms with van der Waals surface area (Å²) in [5, 5.41) is 2.66. The summed E-state index contributed by atoms with van der Waals surface area (Å²) in [6.07, 6.45) is 5.61. The predicted octanol–water partition coefficient (Wildman–Crippen LogP) is 0.158. The molecule has 3 N–H and O–H groups in total. The van der Waals surface area contributed by atoms with E-state index in [1.165, 1.54) is 7.05 Å². The van der Waals surface area contributed by atoms with Crippen LogP contribution >= 0.6 is 0 Å². The highest BCUT2D eigenvalue weighted by Crippen LogP contribution is 2.26. The Morgan fingerprint density at radius 3 is 2.75 bits per heavy atom. The zero-order valence-corrected chi connectivity index (χ0v) is 11.9. The van der Waals surface area contributed by atoms with Crippen LogP contribution in [0.15, 0.2) is 0 Å². The third-order valence-corrected chi connectivity index (χ3v) is 4.32. The van der Waals surface area contributed by atoms with Gasteiger partial charge in [0, 0.05) is 19.5 Å². The second kappa shape index (κ2) is 6.35. The van der Waals surface area contributed by atoms with Crippen LogP contribution in [0.2, 0.25) is 0 Å². The standard InChI is InChI=1S/C14H23N3O3/c1-17-13(19)8-11(14(17)20)16-12(18)6-5-9-3-2-4-10(15)7-9/h9-11H,2-8,15H2,1H3,(H,16,18). The molecule has 0 bridgehead atoms. The largest absolute Gasteiger partial charge is 0.344 e. The van der Waals surface area contributed by atoms with E-state index in [1.54, 1.807) is 0 Å². The van der Waals surface area contributed by atoms with Crippen molar-refractivity contribution in [1.29, 1.82) is 0 Å². The van der Waals surface area contributed by atoms with Crippen LogP contribution in [0.1, 0.15) is 44.9 Å². The van der Waals surface area contributed by atoms with E-state index in [2.05, 4.69) is 5.32 Å². The van der Waals surface area contributed by atoms with Gasteiger partial charge < -0.3 is 11.1 Å². The molecule has 20 heavy (non-hydrogen) atoms. The third-order valence-electron chi connectivity index (χ3n) is 4.32. The predicted molar refractivity (Wildman–Crippen MR) is 73.5 cm³/mol. The van der Waals surface area contributed by atoms with E-state index in [4.69, 9.17) is 5.73 Å². The molecule has 2 aliphatic rings. The van der Waals surface area contributed by atoms with E-state index in [0.717, 1.165) is 37.0 Å². The van der Waals surface area contributed by atoms with Crippen molar-refractivity contribution in [2.75, 3.05) is 7.05 Å². The van der Waals surface area contributed by atoms with Gasteiger partial charge in [-0.3, -0.25) is 19.3 Å². The lowest BCUT2D eigenvalue weighted by atomic mass is 9.83. The Labute approximate surface area is 119 Å². The molecule has 112 valence electrons. The minimum absolute atomic E-state index is 0.0787. The summed E-state index contributed by atoms with van der Waals surface area (Å²) in [5.74, 6) is -0.194. The highest BCUT2D eigenvalue weighted by molar-refractivity contribution is 6.06. The Hall–Kier alpha value is -1.43. The van der Waals surface area contributed by atoms with Crippen molar-refractivity contribution in [3.63, 3.8) is 0 Å². The maximum absolute atomic E-state index is 11.9. The molecule has 0 aromatic carbocycles. The molecule has 3 atom stereocenters. The van der Waals surface area contributed by atoms with Crippen LogP contribution in [0, 0.1) is 5.92 Å². The van der Waals surface area contributed by atoms with E-state index in [9.17, 15) is 14.4 Å². The summed E-state index contributed by atoms with van der Waals surface area (Å²) in [5.41, 5.74) is 5.92. The minimum Gasteiger partial charge on any atom is -0.344 e. The number of nitrogens with zero attached hydrogens (tertiary/aromatic N) is 1. The van der Waals surface area contributed by atoms with Gasteiger partial charge in [0.05, 0.1) is 6.42 Å². The number of amides is 3.